The third-order valence-electron chi connectivity index (χ3n) is 3.99. The first-order valence-electron chi connectivity index (χ1n) is 7.35. The molecule has 0 radical (unpaired) electrons. The van der Waals surface area contributed by atoms with Gasteiger partial charge in [0.2, 0.25) is 0 Å². The first-order valence-corrected chi connectivity index (χ1v) is 7.35. The Balaban J connectivity index is 1.48. The molecule has 0 aromatic carbocycles. The van der Waals surface area contributed by atoms with Crippen molar-refractivity contribution in [2.45, 2.75) is 25.8 Å². The summed E-state index contributed by atoms with van der Waals surface area (Å²) in [6.45, 7) is 4.52. The summed E-state index contributed by atoms with van der Waals surface area (Å²) in [6.07, 6.45) is 11.2. The van der Waals surface area contributed by atoms with E-state index in [4.69, 9.17) is 0 Å². The zero-order valence-corrected chi connectivity index (χ0v) is 11.7. The molecule has 3 rings (SSSR count). The lowest BCUT2D eigenvalue weighted by Gasteiger charge is -2.32. The fourth-order valence-corrected chi connectivity index (χ4v) is 2.93. The second-order valence-electron chi connectivity index (χ2n) is 5.54. The van der Waals surface area contributed by atoms with Gasteiger partial charge in [-0.15, -0.1) is 5.10 Å². The van der Waals surface area contributed by atoms with Crippen LogP contribution in [0.5, 0.6) is 0 Å². The Hall–Kier alpha value is -1.75. The van der Waals surface area contributed by atoms with Gasteiger partial charge in [-0.2, -0.15) is 0 Å². The van der Waals surface area contributed by atoms with Crippen LogP contribution < -0.4 is 0 Å². The van der Waals surface area contributed by atoms with Gasteiger partial charge in [-0.1, -0.05) is 5.21 Å². The molecule has 1 fully saturated rings. The van der Waals surface area contributed by atoms with E-state index >= 15 is 0 Å². The number of pyridine rings is 1. The second kappa shape index (κ2) is 6.61. The highest BCUT2D eigenvalue weighted by Gasteiger charge is 2.20. The van der Waals surface area contributed by atoms with Gasteiger partial charge in [0, 0.05) is 38.2 Å². The standard InChI is InChI=1S/C15H21N5/c1-2-15(13-20-11-8-17-18-20)12-19(9-1)10-5-14-3-6-16-7-4-14/h3-4,6-8,11,15H,1-2,5,9-10,12-13H2. The molecule has 1 saturated heterocycles. The molecule has 2 aromatic rings. The molecule has 1 atom stereocenters. The van der Waals surface area contributed by atoms with Crippen molar-refractivity contribution in [3.63, 3.8) is 0 Å². The summed E-state index contributed by atoms with van der Waals surface area (Å²) in [4.78, 5) is 6.64. The molecule has 3 heterocycles. The largest absolute Gasteiger partial charge is 0.303 e. The third-order valence-corrected chi connectivity index (χ3v) is 3.99. The molecule has 20 heavy (non-hydrogen) atoms. The minimum Gasteiger partial charge on any atom is -0.303 e. The van der Waals surface area contributed by atoms with Crippen molar-refractivity contribution < 1.29 is 0 Å². The summed E-state index contributed by atoms with van der Waals surface area (Å²) in [5.74, 6) is 0.697. The van der Waals surface area contributed by atoms with Gasteiger partial charge in [0.15, 0.2) is 0 Å². The molecule has 0 aliphatic carbocycles. The number of aromatic nitrogens is 4. The fraction of sp³-hybridized carbons (Fsp3) is 0.533. The Morgan fingerprint density at radius 3 is 2.90 bits per heavy atom. The summed E-state index contributed by atoms with van der Waals surface area (Å²) in [5, 5.41) is 7.95. The molecule has 106 valence electrons. The van der Waals surface area contributed by atoms with Crippen molar-refractivity contribution in [1.82, 2.24) is 24.9 Å². The second-order valence-corrected chi connectivity index (χ2v) is 5.54. The maximum Gasteiger partial charge on any atom is 0.0692 e. The molecule has 0 saturated carbocycles. The SMILES string of the molecule is c1cc(CCN2CCCC(Cn3ccnn3)C2)ccn1. The van der Waals surface area contributed by atoms with Crippen molar-refractivity contribution in [3.8, 4) is 0 Å². The van der Waals surface area contributed by atoms with Crippen LogP contribution in [-0.2, 0) is 13.0 Å². The van der Waals surface area contributed by atoms with E-state index in [1.54, 1.807) is 6.20 Å². The topological polar surface area (TPSA) is 46.8 Å². The first-order chi connectivity index (χ1) is 9.90. The Morgan fingerprint density at radius 2 is 2.10 bits per heavy atom. The molecule has 0 N–H and O–H groups in total. The maximum atomic E-state index is 4.07. The molecular formula is C15H21N5. The summed E-state index contributed by atoms with van der Waals surface area (Å²) >= 11 is 0. The molecule has 5 nitrogen and oxygen atoms in total. The number of nitrogens with zero attached hydrogens (tertiary/aromatic N) is 5. The lowest BCUT2D eigenvalue weighted by Crippen LogP contribution is -2.38. The van der Waals surface area contributed by atoms with Gasteiger partial charge >= 0.3 is 0 Å². The number of hydrogen-bond acceptors (Lipinski definition) is 4. The van der Waals surface area contributed by atoms with E-state index < -0.39 is 0 Å². The Labute approximate surface area is 119 Å². The van der Waals surface area contributed by atoms with E-state index in [1.807, 2.05) is 23.3 Å². The highest BCUT2D eigenvalue weighted by molar-refractivity contribution is 5.09. The van der Waals surface area contributed by atoms with Gasteiger partial charge in [0.1, 0.15) is 0 Å². The Bertz CT molecular complexity index is 496. The molecular weight excluding hydrogens is 250 g/mol. The van der Waals surface area contributed by atoms with Crippen LogP contribution in [0.2, 0.25) is 0 Å². The number of likely N-dealkylation sites (tertiary alicyclic amines) is 1. The number of piperidine rings is 1. The highest BCUT2D eigenvalue weighted by Crippen LogP contribution is 2.18. The third kappa shape index (κ3) is 3.63. The van der Waals surface area contributed by atoms with E-state index in [2.05, 4.69) is 32.3 Å². The summed E-state index contributed by atoms with van der Waals surface area (Å²) in [7, 11) is 0. The number of hydrogen-bond donors (Lipinski definition) is 0. The van der Waals surface area contributed by atoms with E-state index in [0.717, 1.165) is 19.5 Å². The van der Waals surface area contributed by atoms with Crippen molar-refractivity contribution in [2.75, 3.05) is 19.6 Å². The van der Waals surface area contributed by atoms with Gasteiger partial charge in [-0.05, 0) is 49.4 Å². The van der Waals surface area contributed by atoms with Crippen LogP contribution in [0.4, 0.5) is 0 Å². The molecule has 1 unspecified atom stereocenters. The van der Waals surface area contributed by atoms with Crippen molar-refractivity contribution >= 4 is 0 Å². The fourth-order valence-electron chi connectivity index (χ4n) is 2.93. The zero-order valence-electron chi connectivity index (χ0n) is 11.7. The smallest absolute Gasteiger partial charge is 0.0692 e. The van der Waals surface area contributed by atoms with Gasteiger partial charge in [-0.25, -0.2) is 0 Å². The first kappa shape index (κ1) is 13.2. The van der Waals surface area contributed by atoms with Crippen molar-refractivity contribution in [2.24, 2.45) is 5.92 Å². The summed E-state index contributed by atoms with van der Waals surface area (Å²) in [5.41, 5.74) is 1.37. The molecule has 0 amide bonds. The highest BCUT2D eigenvalue weighted by atomic mass is 15.4. The van der Waals surface area contributed by atoms with E-state index in [-0.39, 0.29) is 0 Å². The Morgan fingerprint density at radius 1 is 1.20 bits per heavy atom. The van der Waals surface area contributed by atoms with Crippen LogP contribution in [0.3, 0.4) is 0 Å². The van der Waals surface area contributed by atoms with Crippen molar-refractivity contribution in [3.05, 3.63) is 42.5 Å². The van der Waals surface area contributed by atoms with Crippen LogP contribution in [0, 0.1) is 5.92 Å². The van der Waals surface area contributed by atoms with Crippen LogP contribution >= 0.6 is 0 Å². The average molecular weight is 271 g/mol. The minimum absolute atomic E-state index is 0.697. The van der Waals surface area contributed by atoms with Gasteiger partial charge in [0.25, 0.3) is 0 Å². The average Bonchev–Trinajstić information content (AvgIpc) is 3.00. The van der Waals surface area contributed by atoms with Crippen LogP contribution in [-0.4, -0.2) is 44.5 Å². The van der Waals surface area contributed by atoms with Crippen LogP contribution in [0.15, 0.2) is 36.9 Å². The van der Waals surface area contributed by atoms with Crippen LogP contribution in [0.25, 0.3) is 0 Å². The van der Waals surface area contributed by atoms with Crippen molar-refractivity contribution in [1.29, 1.82) is 0 Å². The molecule has 1 aliphatic heterocycles. The number of rotatable bonds is 5. The van der Waals surface area contributed by atoms with Gasteiger partial charge in [-0.3, -0.25) is 9.67 Å². The molecule has 1 aliphatic rings. The molecule has 5 heteroatoms. The molecule has 2 aromatic heterocycles. The monoisotopic (exact) mass is 271 g/mol. The molecule has 0 spiro atoms. The lowest BCUT2D eigenvalue weighted by molar-refractivity contribution is 0.161. The van der Waals surface area contributed by atoms with Crippen LogP contribution in [0.1, 0.15) is 18.4 Å². The van der Waals surface area contributed by atoms with E-state index in [1.165, 1.54) is 31.5 Å². The lowest BCUT2D eigenvalue weighted by atomic mass is 9.97. The van der Waals surface area contributed by atoms with Gasteiger partial charge < -0.3 is 4.90 Å². The predicted octanol–water partition coefficient (Wildman–Crippen LogP) is 1.63. The predicted molar refractivity (Wildman–Crippen MR) is 77.1 cm³/mol. The van der Waals surface area contributed by atoms with E-state index in [0.29, 0.717) is 5.92 Å². The maximum absolute atomic E-state index is 4.07. The normalized spacial score (nSPS) is 20.1. The van der Waals surface area contributed by atoms with E-state index in [9.17, 15) is 0 Å². The summed E-state index contributed by atoms with van der Waals surface area (Å²) in [6, 6.07) is 4.22. The minimum atomic E-state index is 0.697. The zero-order chi connectivity index (χ0) is 13.6. The Kier molecular flexibility index (Phi) is 4.38. The van der Waals surface area contributed by atoms with Gasteiger partial charge in [0.05, 0.1) is 6.20 Å². The molecule has 0 bridgehead atoms. The summed E-state index contributed by atoms with van der Waals surface area (Å²) < 4.78 is 1.96. The quantitative estimate of drug-likeness (QED) is 0.829.